The van der Waals surface area contributed by atoms with Crippen molar-refractivity contribution in [3.8, 4) is 5.75 Å². The third-order valence-corrected chi connectivity index (χ3v) is 2.50. The standard InChI is InChI=1S/C11H16N2O/c1-14-11-4-2-3-9(7-11)13-10-5-6-12-8-10/h2-4,7,10,12-13H,5-6,8H2,1H3. The van der Waals surface area contributed by atoms with Crippen molar-refractivity contribution < 1.29 is 4.74 Å². The topological polar surface area (TPSA) is 33.3 Å². The average molecular weight is 192 g/mol. The third kappa shape index (κ3) is 2.17. The fourth-order valence-corrected chi connectivity index (χ4v) is 1.73. The first-order valence-electron chi connectivity index (χ1n) is 5.00. The molecule has 1 aromatic rings. The minimum atomic E-state index is 0.558. The van der Waals surface area contributed by atoms with Gasteiger partial charge in [-0.15, -0.1) is 0 Å². The highest BCUT2D eigenvalue weighted by Crippen LogP contribution is 2.18. The molecule has 3 heteroatoms. The molecular weight excluding hydrogens is 176 g/mol. The smallest absolute Gasteiger partial charge is 0.120 e. The highest BCUT2D eigenvalue weighted by atomic mass is 16.5. The van der Waals surface area contributed by atoms with Crippen molar-refractivity contribution in [2.24, 2.45) is 0 Å². The van der Waals surface area contributed by atoms with Crippen LogP contribution in [0.4, 0.5) is 5.69 Å². The quantitative estimate of drug-likeness (QED) is 0.761. The Morgan fingerprint density at radius 3 is 3.14 bits per heavy atom. The van der Waals surface area contributed by atoms with Crippen LogP contribution in [0, 0.1) is 0 Å². The van der Waals surface area contributed by atoms with E-state index in [2.05, 4.69) is 16.7 Å². The van der Waals surface area contributed by atoms with E-state index in [0.29, 0.717) is 6.04 Å². The lowest BCUT2D eigenvalue weighted by atomic mass is 10.2. The first-order valence-corrected chi connectivity index (χ1v) is 5.00. The first kappa shape index (κ1) is 9.34. The van der Waals surface area contributed by atoms with Crippen LogP contribution in [-0.2, 0) is 0 Å². The molecule has 2 N–H and O–H groups in total. The Kier molecular flexibility index (Phi) is 2.89. The Hall–Kier alpha value is -1.22. The van der Waals surface area contributed by atoms with Crippen LogP contribution in [0.15, 0.2) is 24.3 Å². The molecule has 0 radical (unpaired) electrons. The second kappa shape index (κ2) is 4.33. The number of anilines is 1. The number of nitrogens with one attached hydrogen (secondary N) is 2. The molecule has 1 aromatic carbocycles. The molecule has 1 aliphatic heterocycles. The highest BCUT2D eigenvalue weighted by Gasteiger charge is 2.13. The van der Waals surface area contributed by atoms with Gasteiger partial charge in [0.1, 0.15) is 5.75 Å². The van der Waals surface area contributed by atoms with Crippen LogP contribution in [0.25, 0.3) is 0 Å². The van der Waals surface area contributed by atoms with E-state index < -0.39 is 0 Å². The van der Waals surface area contributed by atoms with Crippen LogP contribution in [0.3, 0.4) is 0 Å². The molecule has 0 spiro atoms. The maximum atomic E-state index is 5.16. The number of benzene rings is 1. The van der Waals surface area contributed by atoms with Crippen LogP contribution in [0.5, 0.6) is 5.75 Å². The van der Waals surface area contributed by atoms with Crippen molar-refractivity contribution in [1.29, 1.82) is 0 Å². The molecule has 14 heavy (non-hydrogen) atoms. The Morgan fingerprint density at radius 2 is 2.43 bits per heavy atom. The van der Waals surface area contributed by atoms with E-state index in [1.165, 1.54) is 6.42 Å². The zero-order valence-corrected chi connectivity index (χ0v) is 8.42. The maximum Gasteiger partial charge on any atom is 0.120 e. The monoisotopic (exact) mass is 192 g/mol. The summed E-state index contributed by atoms with van der Waals surface area (Å²) in [7, 11) is 1.69. The third-order valence-electron chi connectivity index (χ3n) is 2.50. The largest absolute Gasteiger partial charge is 0.497 e. The fourth-order valence-electron chi connectivity index (χ4n) is 1.73. The summed E-state index contributed by atoms with van der Waals surface area (Å²) in [6.45, 7) is 2.17. The molecule has 0 amide bonds. The molecule has 1 fully saturated rings. The second-order valence-electron chi connectivity index (χ2n) is 3.57. The van der Waals surface area contributed by atoms with Gasteiger partial charge in [0.2, 0.25) is 0 Å². The summed E-state index contributed by atoms with van der Waals surface area (Å²) in [5.74, 6) is 0.904. The number of ether oxygens (including phenoxy) is 1. The van der Waals surface area contributed by atoms with Gasteiger partial charge in [0, 0.05) is 24.3 Å². The molecule has 1 saturated heterocycles. The van der Waals surface area contributed by atoms with E-state index in [9.17, 15) is 0 Å². The number of rotatable bonds is 3. The van der Waals surface area contributed by atoms with Crippen LogP contribution in [-0.4, -0.2) is 26.2 Å². The van der Waals surface area contributed by atoms with Crippen LogP contribution in [0.2, 0.25) is 0 Å². The zero-order chi connectivity index (χ0) is 9.80. The second-order valence-corrected chi connectivity index (χ2v) is 3.57. The Labute approximate surface area is 84.5 Å². The predicted molar refractivity (Wildman–Crippen MR) is 57.9 cm³/mol. The van der Waals surface area contributed by atoms with Crippen molar-refractivity contribution in [3.63, 3.8) is 0 Å². The van der Waals surface area contributed by atoms with Gasteiger partial charge in [-0.05, 0) is 25.1 Å². The van der Waals surface area contributed by atoms with E-state index in [4.69, 9.17) is 4.74 Å². The van der Waals surface area contributed by atoms with E-state index in [0.717, 1.165) is 24.5 Å². The molecule has 3 nitrogen and oxygen atoms in total. The zero-order valence-electron chi connectivity index (χ0n) is 8.42. The van der Waals surface area contributed by atoms with Crippen LogP contribution < -0.4 is 15.4 Å². The Balaban J connectivity index is 2.00. The lowest BCUT2D eigenvalue weighted by molar-refractivity contribution is 0.415. The van der Waals surface area contributed by atoms with E-state index in [1.54, 1.807) is 7.11 Å². The minimum Gasteiger partial charge on any atom is -0.497 e. The lowest BCUT2D eigenvalue weighted by Crippen LogP contribution is -2.21. The SMILES string of the molecule is COc1cccc(NC2CCNC2)c1. The molecule has 1 atom stereocenters. The molecule has 0 bridgehead atoms. The van der Waals surface area contributed by atoms with Crippen LogP contribution in [0.1, 0.15) is 6.42 Å². The minimum absolute atomic E-state index is 0.558. The average Bonchev–Trinajstić information content (AvgIpc) is 2.71. The van der Waals surface area contributed by atoms with Gasteiger partial charge in [-0.25, -0.2) is 0 Å². The number of hydrogen-bond acceptors (Lipinski definition) is 3. The van der Waals surface area contributed by atoms with Gasteiger partial charge in [0.25, 0.3) is 0 Å². The fraction of sp³-hybridized carbons (Fsp3) is 0.455. The normalized spacial score (nSPS) is 20.8. The number of methoxy groups -OCH3 is 1. The van der Waals surface area contributed by atoms with Gasteiger partial charge >= 0.3 is 0 Å². The first-order chi connectivity index (χ1) is 6.88. The van der Waals surface area contributed by atoms with Crippen molar-refractivity contribution in [2.75, 3.05) is 25.5 Å². The molecule has 1 unspecified atom stereocenters. The highest BCUT2D eigenvalue weighted by molar-refractivity contribution is 5.49. The van der Waals surface area contributed by atoms with E-state index in [-0.39, 0.29) is 0 Å². The van der Waals surface area contributed by atoms with E-state index in [1.807, 2.05) is 18.2 Å². The Morgan fingerprint density at radius 1 is 1.50 bits per heavy atom. The summed E-state index contributed by atoms with van der Waals surface area (Å²) in [5, 5.41) is 6.80. The van der Waals surface area contributed by atoms with Gasteiger partial charge in [0.15, 0.2) is 0 Å². The summed E-state index contributed by atoms with van der Waals surface area (Å²) in [5.41, 5.74) is 1.14. The van der Waals surface area contributed by atoms with Gasteiger partial charge in [-0.1, -0.05) is 6.07 Å². The summed E-state index contributed by atoms with van der Waals surface area (Å²) in [4.78, 5) is 0. The van der Waals surface area contributed by atoms with Gasteiger partial charge in [-0.3, -0.25) is 0 Å². The summed E-state index contributed by atoms with van der Waals surface area (Å²) < 4.78 is 5.16. The summed E-state index contributed by atoms with van der Waals surface area (Å²) >= 11 is 0. The molecule has 1 aliphatic rings. The van der Waals surface area contributed by atoms with Crippen molar-refractivity contribution in [3.05, 3.63) is 24.3 Å². The van der Waals surface area contributed by atoms with Gasteiger partial charge < -0.3 is 15.4 Å². The summed E-state index contributed by atoms with van der Waals surface area (Å²) in [6, 6.07) is 8.61. The Bertz CT molecular complexity index is 295. The molecule has 0 aromatic heterocycles. The van der Waals surface area contributed by atoms with E-state index >= 15 is 0 Å². The van der Waals surface area contributed by atoms with Crippen molar-refractivity contribution in [1.82, 2.24) is 5.32 Å². The molecule has 0 aliphatic carbocycles. The van der Waals surface area contributed by atoms with Gasteiger partial charge in [-0.2, -0.15) is 0 Å². The lowest BCUT2D eigenvalue weighted by Gasteiger charge is -2.13. The van der Waals surface area contributed by atoms with Crippen LogP contribution >= 0.6 is 0 Å². The molecular formula is C11H16N2O. The van der Waals surface area contributed by atoms with Crippen molar-refractivity contribution in [2.45, 2.75) is 12.5 Å². The van der Waals surface area contributed by atoms with Crippen molar-refractivity contribution >= 4 is 5.69 Å². The molecule has 1 heterocycles. The number of hydrogen-bond donors (Lipinski definition) is 2. The predicted octanol–water partition coefficient (Wildman–Crippen LogP) is 1.47. The molecule has 2 rings (SSSR count). The summed E-state index contributed by atoms with van der Waals surface area (Å²) in [6.07, 6.45) is 1.19. The van der Waals surface area contributed by atoms with Gasteiger partial charge in [0.05, 0.1) is 7.11 Å². The molecule has 76 valence electrons. The maximum absolute atomic E-state index is 5.16. The molecule has 0 saturated carbocycles.